The number of hydrogen-bond acceptors (Lipinski definition) is 4. The molecule has 1 atom stereocenters. The number of hydrogen-bond donors (Lipinski definition) is 1. The summed E-state index contributed by atoms with van der Waals surface area (Å²) >= 11 is 1.69. The predicted octanol–water partition coefficient (Wildman–Crippen LogP) is 4.20. The maximum atomic E-state index is 13.0. The van der Waals surface area contributed by atoms with Crippen LogP contribution in [0.15, 0.2) is 30.3 Å². The first kappa shape index (κ1) is 16.3. The third-order valence-corrected chi connectivity index (χ3v) is 5.72. The summed E-state index contributed by atoms with van der Waals surface area (Å²) in [5.74, 6) is 0.540. The minimum absolute atomic E-state index is 0.00742. The van der Waals surface area contributed by atoms with Crippen molar-refractivity contribution in [2.24, 2.45) is 5.92 Å². The molecule has 1 aliphatic rings. The van der Waals surface area contributed by atoms with E-state index >= 15 is 0 Å². The molecule has 1 saturated heterocycles. The highest BCUT2D eigenvalue weighted by molar-refractivity contribution is 7.18. The van der Waals surface area contributed by atoms with Crippen molar-refractivity contribution in [2.75, 3.05) is 6.54 Å². The number of benzene rings is 1. The molecule has 3 heterocycles. The number of nitrogens with one attached hydrogen (secondary N) is 1. The number of carbonyl (C=O) groups is 1. The lowest BCUT2D eigenvalue weighted by Gasteiger charge is -2.22. The molecule has 25 heavy (non-hydrogen) atoms. The van der Waals surface area contributed by atoms with Gasteiger partial charge in [0, 0.05) is 12.2 Å². The highest BCUT2D eigenvalue weighted by Gasteiger charge is 2.33. The van der Waals surface area contributed by atoms with E-state index in [-0.39, 0.29) is 11.9 Å². The van der Waals surface area contributed by atoms with Crippen LogP contribution >= 0.6 is 11.3 Å². The number of thiazole rings is 1. The highest BCUT2D eigenvalue weighted by Crippen LogP contribution is 2.37. The van der Waals surface area contributed by atoms with Gasteiger partial charge in [-0.25, -0.2) is 4.98 Å². The third-order valence-electron chi connectivity index (χ3n) is 4.59. The molecule has 6 heteroatoms. The van der Waals surface area contributed by atoms with Gasteiger partial charge < -0.3 is 4.90 Å². The zero-order valence-corrected chi connectivity index (χ0v) is 15.3. The number of amides is 1. The molecule has 1 unspecified atom stereocenters. The molecule has 5 nitrogen and oxygen atoms in total. The van der Waals surface area contributed by atoms with Gasteiger partial charge in [-0.05, 0) is 43.4 Å². The van der Waals surface area contributed by atoms with Crippen molar-refractivity contribution >= 4 is 27.5 Å². The summed E-state index contributed by atoms with van der Waals surface area (Å²) in [5.41, 5.74) is 2.55. The average molecular weight is 354 g/mol. The van der Waals surface area contributed by atoms with Crippen LogP contribution in [0, 0.1) is 5.92 Å². The second-order valence-electron chi connectivity index (χ2n) is 7.05. The number of likely N-dealkylation sites (tertiary alicyclic amines) is 1. The van der Waals surface area contributed by atoms with Crippen LogP contribution in [0.2, 0.25) is 0 Å². The van der Waals surface area contributed by atoms with Gasteiger partial charge in [0.2, 0.25) is 0 Å². The van der Waals surface area contributed by atoms with E-state index in [2.05, 4.69) is 30.1 Å². The monoisotopic (exact) mass is 354 g/mol. The van der Waals surface area contributed by atoms with Gasteiger partial charge in [-0.1, -0.05) is 26.0 Å². The van der Waals surface area contributed by atoms with Gasteiger partial charge in [-0.15, -0.1) is 11.3 Å². The van der Waals surface area contributed by atoms with Crippen LogP contribution in [0.4, 0.5) is 0 Å². The minimum Gasteiger partial charge on any atom is -0.328 e. The Hall–Kier alpha value is -2.21. The standard InChI is InChI=1S/C19H22N4OS/c1-12(2)10-13-11-15(22-21-13)19(24)23-9-5-7-16(23)18-20-14-6-3-4-8-17(14)25-18/h3-4,6,8,11-12,16H,5,7,9-10H2,1-2H3,(H,21,22). The fraction of sp³-hybridized carbons (Fsp3) is 0.421. The number of rotatable bonds is 4. The smallest absolute Gasteiger partial charge is 0.274 e. The molecule has 0 spiro atoms. The average Bonchev–Trinajstić information content (AvgIpc) is 3.31. The normalized spacial score (nSPS) is 17.7. The van der Waals surface area contributed by atoms with Gasteiger partial charge in [0.05, 0.1) is 16.3 Å². The summed E-state index contributed by atoms with van der Waals surface area (Å²) in [4.78, 5) is 19.7. The summed E-state index contributed by atoms with van der Waals surface area (Å²) in [6.07, 6.45) is 2.88. The molecule has 2 aromatic heterocycles. The van der Waals surface area contributed by atoms with Gasteiger partial charge in [0.25, 0.3) is 5.91 Å². The van der Waals surface area contributed by atoms with Crippen LogP contribution in [-0.4, -0.2) is 32.5 Å². The van der Waals surface area contributed by atoms with Crippen molar-refractivity contribution < 1.29 is 4.79 Å². The fourth-order valence-corrected chi connectivity index (χ4v) is 4.58. The summed E-state index contributed by atoms with van der Waals surface area (Å²) in [5, 5.41) is 8.29. The lowest BCUT2D eigenvalue weighted by molar-refractivity contribution is 0.0729. The number of para-hydroxylation sites is 1. The second kappa shape index (κ2) is 6.59. The molecule has 3 aromatic rings. The van der Waals surface area contributed by atoms with Crippen molar-refractivity contribution in [1.82, 2.24) is 20.1 Å². The number of carbonyl (C=O) groups excluding carboxylic acids is 1. The molecule has 1 fully saturated rings. The van der Waals surface area contributed by atoms with Gasteiger partial charge in [-0.3, -0.25) is 9.89 Å². The Morgan fingerprint density at radius 1 is 1.40 bits per heavy atom. The number of aromatic amines is 1. The Morgan fingerprint density at radius 2 is 2.24 bits per heavy atom. The summed E-state index contributed by atoms with van der Waals surface area (Å²) in [7, 11) is 0. The summed E-state index contributed by atoms with van der Waals surface area (Å²) in [6, 6.07) is 10.1. The van der Waals surface area contributed by atoms with E-state index in [9.17, 15) is 4.79 Å². The van der Waals surface area contributed by atoms with Gasteiger partial charge in [0.1, 0.15) is 10.7 Å². The van der Waals surface area contributed by atoms with Crippen LogP contribution in [0.25, 0.3) is 10.2 Å². The largest absolute Gasteiger partial charge is 0.328 e. The van der Waals surface area contributed by atoms with Crippen LogP contribution < -0.4 is 0 Å². The van der Waals surface area contributed by atoms with Crippen LogP contribution in [0.5, 0.6) is 0 Å². The molecule has 0 saturated carbocycles. The van der Waals surface area contributed by atoms with Crippen molar-refractivity contribution in [3.63, 3.8) is 0 Å². The molecule has 1 aliphatic heterocycles. The lowest BCUT2D eigenvalue weighted by atomic mass is 10.1. The van der Waals surface area contributed by atoms with E-state index in [4.69, 9.17) is 4.98 Å². The van der Waals surface area contributed by atoms with Crippen molar-refractivity contribution in [3.8, 4) is 0 Å². The van der Waals surface area contributed by atoms with Crippen molar-refractivity contribution in [3.05, 3.63) is 46.7 Å². The number of nitrogens with zero attached hydrogens (tertiary/aromatic N) is 3. The van der Waals surface area contributed by atoms with Gasteiger partial charge >= 0.3 is 0 Å². The van der Waals surface area contributed by atoms with E-state index in [0.717, 1.165) is 42.0 Å². The highest BCUT2D eigenvalue weighted by atomic mass is 32.1. The van der Waals surface area contributed by atoms with E-state index in [1.54, 1.807) is 11.3 Å². The van der Waals surface area contributed by atoms with Gasteiger partial charge in [0.15, 0.2) is 0 Å². The molecule has 1 aromatic carbocycles. The fourth-order valence-electron chi connectivity index (χ4n) is 3.46. The lowest BCUT2D eigenvalue weighted by Crippen LogP contribution is -2.30. The number of fused-ring (bicyclic) bond motifs is 1. The maximum Gasteiger partial charge on any atom is 0.274 e. The first-order valence-electron chi connectivity index (χ1n) is 8.82. The Labute approximate surface area is 151 Å². The molecule has 0 radical (unpaired) electrons. The molecule has 0 bridgehead atoms. The Morgan fingerprint density at radius 3 is 3.04 bits per heavy atom. The van der Waals surface area contributed by atoms with Crippen LogP contribution in [0.3, 0.4) is 0 Å². The Kier molecular flexibility index (Phi) is 4.29. The third kappa shape index (κ3) is 3.18. The summed E-state index contributed by atoms with van der Waals surface area (Å²) < 4.78 is 1.18. The Balaban J connectivity index is 1.58. The molecule has 1 N–H and O–H groups in total. The molecule has 130 valence electrons. The van der Waals surface area contributed by atoms with E-state index in [0.29, 0.717) is 11.6 Å². The maximum absolute atomic E-state index is 13.0. The molecule has 1 amide bonds. The number of aromatic nitrogens is 3. The first-order chi connectivity index (χ1) is 12.1. The second-order valence-corrected chi connectivity index (χ2v) is 8.12. The first-order valence-corrected chi connectivity index (χ1v) is 9.64. The summed E-state index contributed by atoms with van der Waals surface area (Å²) in [6.45, 7) is 5.09. The van der Waals surface area contributed by atoms with Gasteiger partial charge in [-0.2, -0.15) is 5.10 Å². The SMILES string of the molecule is CC(C)Cc1cc(C(=O)N2CCCC2c2nc3ccccc3s2)n[nH]1. The molecular weight excluding hydrogens is 332 g/mol. The Bertz CT molecular complexity index is 865. The quantitative estimate of drug-likeness (QED) is 0.764. The predicted molar refractivity (Wildman–Crippen MR) is 99.8 cm³/mol. The van der Waals surface area contributed by atoms with Crippen LogP contribution in [0.1, 0.15) is 53.9 Å². The van der Waals surface area contributed by atoms with Crippen molar-refractivity contribution in [2.45, 2.75) is 39.2 Å². The molecular formula is C19H22N4OS. The number of H-pyrrole nitrogens is 1. The zero-order chi connectivity index (χ0) is 17.4. The van der Waals surface area contributed by atoms with Crippen LogP contribution in [-0.2, 0) is 6.42 Å². The molecule has 0 aliphatic carbocycles. The van der Waals surface area contributed by atoms with Crippen molar-refractivity contribution in [1.29, 1.82) is 0 Å². The van der Waals surface area contributed by atoms with E-state index in [1.165, 1.54) is 4.70 Å². The van der Waals surface area contributed by atoms with E-state index < -0.39 is 0 Å². The zero-order valence-electron chi connectivity index (χ0n) is 14.5. The van der Waals surface area contributed by atoms with E-state index in [1.807, 2.05) is 29.2 Å². The minimum atomic E-state index is 0.00742. The topological polar surface area (TPSA) is 61.9 Å². The molecule has 4 rings (SSSR count).